The molecular weight excluding hydrogens is 317 g/mol. The van der Waals surface area contributed by atoms with E-state index in [1.807, 2.05) is 5.38 Å². The minimum Gasteiger partial charge on any atom is -0.471 e. The second kappa shape index (κ2) is 5.60. The molecule has 0 spiro atoms. The lowest BCUT2D eigenvalue weighted by atomic mass is 10.1. The molecule has 8 heteroatoms. The average Bonchev–Trinajstić information content (AvgIpc) is 2.95. The molecule has 3 heterocycles. The summed E-state index contributed by atoms with van der Waals surface area (Å²) < 4.78 is 43.2. The predicted octanol–water partition coefficient (Wildman–Crippen LogP) is 3.07. The molecular formula is C14H11F3N2O2S. The number of aromatic nitrogens is 1. The number of pyridine rings is 1. The Morgan fingerprint density at radius 1 is 1.36 bits per heavy atom. The minimum atomic E-state index is -4.43. The Hall–Kier alpha value is -2.09. The molecule has 1 amide bonds. The lowest BCUT2D eigenvalue weighted by Gasteiger charge is -2.38. The van der Waals surface area contributed by atoms with Crippen LogP contribution in [0.1, 0.15) is 15.9 Å². The van der Waals surface area contributed by atoms with Gasteiger partial charge in [0.05, 0.1) is 24.2 Å². The largest absolute Gasteiger partial charge is 0.471 e. The molecule has 2 aromatic rings. The second-order valence-corrected chi connectivity index (χ2v) is 5.62. The van der Waals surface area contributed by atoms with Crippen LogP contribution < -0.4 is 4.74 Å². The summed E-state index contributed by atoms with van der Waals surface area (Å²) in [5.74, 6) is -0.180. The first-order valence-electron chi connectivity index (χ1n) is 6.45. The van der Waals surface area contributed by atoms with Crippen LogP contribution in [0.25, 0.3) is 0 Å². The van der Waals surface area contributed by atoms with E-state index in [9.17, 15) is 18.0 Å². The van der Waals surface area contributed by atoms with E-state index in [0.717, 1.165) is 18.3 Å². The maximum absolute atomic E-state index is 12.6. The van der Waals surface area contributed by atoms with Crippen molar-refractivity contribution < 1.29 is 22.7 Å². The lowest BCUT2D eigenvalue weighted by Crippen LogP contribution is -2.56. The van der Waals surface area contributed by atoms with Crippen LogP contribution in [0.2, 0.25) is 0 Å². The number of hydrogen-bond donors (Lipinski definition) is 0. The van der Waals surface area contributed by atoms with Crippen molar-refractivity contribution in [1.29, 1.82) is 0 Å². The Bertz CT molecular complexity index is 667. The smallest absolute Gasteiger partial charge is 0.416 e. The van der Waals surface area contributed by atoms with E-state index in [0.29, 0.717) is 18.7 Å². The van der Waals surface area contributed by atoms with Crippen molar-refractivity contribution in [2.45, 2.75) is 12.3 Å². The number of ether oxygens (including phenoxy) is 1. The van der Waals surface area contributed by atoms with E-state index in [4.69, 9.17) is 4.74 Å². The molecule has 1 aliphatic heterocycles. The van der Waals surface area contributed by atoms with Crippen LogP contribution in [0.3, 0.4) is 0 Å². The first-order valence-corrected chi connectivity index (χ1v) is 7.39. The maximum Gasteiger partial charge on any atom is 0.416 e. The zero-order valence-corrected chi connectivity index (χ0v) is 12.0. The summed E-state index contributed by atoms with van der Waals surface area (Å²) in [6.45, 7) is 0.680. The summed E-state index contributed by atoms with van der Waals surface area (Å²) in [5.41, 5.74) is -0.191. The van der Waals surface area contributed by atoms with Crippen molar-refractivity contribution in [2.75, 3.05) is 13.1 Å². The Morgan fingerprint density at radius 2 is 2.14 bits per heavy atom. The molecule has 116 valence electrons. The van der Waals surface area contributed by atoms with Gasteiger partial charge in [-0.2, -0.15) is 24.5 Å². The van der Waals surface area contributed by atoms with Gasteiger partial charge in [0.25, 0.3) is 5.91 Å². The van der Waals surface area contributed by atoms with Gasteiger partial charge in [-0.3, -0.25) is 4.79 Å². The number of amides is 1. The SMILES string of the molecule is O=C(c1ccsc1)N1CC(Oc2cc(C(F)(F)F)ccn2)C1. The van der Waals surface area contributed by atoms with E-state index < -0.39 is 11.7 Å². The van der Waals surface area contributed by atoms with Gasteiger partial charge in [-0.1, -0.05) is 0 Å². The second-order valence-electron chi connectivity index (χ2n) is 4.84. The highest BCUT2D eigenvalue weighted by atomic mass is 32.1. The number of thiophene rings is 1. The lowest BCUT2D eigenvalue weighted by molar-refractivity contribution is -0.137. The van der Waals surface area contributed by atoms with Crippen molar-refractivity contribution in [3.8, 4) is 5.88 Å². The Kier molecular flexibility index (Phi) is 3.78. The summed E-state index contributed by atoms with van der Waals surface area (Å²) in [5, 5.41) is 3.57. The standard InChI is InChI=1S/C14H11F3N2O2S/c15-14(16,17)10-1-3-18-12(5-10)21-11-6-19(7-11)13(20)9-2-4-22-8-9/h1-5,8,11H,6-7H2. The molecule has 0 bridgehead atoms. The van der Waals surface area contributed by atoms with E-state index in [2.05, 4.69) is 4.98 Å². The zero-order chi connectivity index (χ0) is 15.7. The van der Waals surface area contributed by atoms with Crippen LogP contribution in [0.5, 0.6) is 5.88 Å². The number of nitrogens with zero attached hydrogens (tertiary/aromatic N) is 2. The third kappa shape index (κ3) is 3.06. The van der Waals surface area contributed by atoms with Crippen LogP contribution in [0, 0.1) is 0 Å². The molecule has 0 N–H and O–H groups in total. The number of alkyl halides is 3. The maximum atomic E-state index is 12.6. The number of carbonyl (C=O) groups excluding carboxylic acids is 1. The minimum absolute atomic E-state index is 0.0811. The predicted molar refractivity (Wildman–Crippen MR) is 73.9 cm³/mol. The average molecular weight is 328 g/mol. The molecule has 1 fully saturated rings. The third-order valence-corrected chi connectivity index (χ3v) is 3.94. The monoisotopic (exact) mass is 328 g/mol. The molecule has 0 radical (unpaired) electrons. The van der Waals surface area contributed by atoms with Crippen LogP contribution in [-0.4, -0.2) is 35.0 Å². The van der Waals surface area contributed by atoms with Crippen LogP contribution in [0.15, 0.2) is 35.2 Å². The van der Waals surface area contributed by atoms with Crippen molar-refractivity contribution in [3.63, 3.8) is 0 Å². The van der Waals surface area contributed by atoms with Crippen molar-refractivity contribution in [2.24, 2.45) is 0 Å². The summed E-state index contributed by atoms with van der Waals surface area (Å²) in [6, 6.07) is 3.49. The molecule has 4 nitrogen and oxygen atoms in total. The number of rotatable bonds is 3. The van der Waals surface area contributed by atoms with E-state index in [1.54, 1.807) is 16.3 Å². The highest BCUT2D eigenvalue weighted by molar-refractivity contribution is 7.08. The van der Waals surface area contributed by atoms with Gasteiger partial charge in [0.15, 0.2) is 0 Å². The first-order chi connectivity index (χ1) is 10.4. The Balaban J connectivity index is 1.57. The molecule has 2 aromatic heterocycles. The molecule has 3 rings (SSSR count). The van der Waals surface area contributed by atoms with Gasteiger partial charge in [-0.25, -0.2) is 4.98 Å². The van der Waals surface area contributed by atoms with E-state index in [-0.39, 0.29) is 17.9 Å². The van der Waals surface area contributed by atoms with Gasteiger partial charge >= 0.3 is 6.18 Å². The topological polar surface area (TPSA) is 42.4 Å². The molecule has 0 atom stereocenters. The first kappa shape index (κ1) is 14.8. The van der Waals surface area contributed by atoms with Crippen LogP contribution in [0.4, 0.5) is 13.2 Å². The molecule has 22 heavy (non-hydrogen) atoms. The van der Waals surface area contributed by atoms with Crippen molar-refractivity contribution in [3.05, 3.63) is 46.3 Å². The quantitative estimate of drug-likeness (QED) is 0.870. The number of likely N-dealkylation sites (tertiary alicyclic amines) is 1. The van der Waals surface area contributed by atoms with E-state index >= 15 is 0 Å². The summed E-state index contributed by atoms with van der Waals surface area (Å²) in [4.78, 5) is 17.3. The molecule has 0 saturated carbocycles. The van der Waals surface area contributed by atoms with Gasteiger partial charge in [-0.15, -0.1) is 0 Å². The number of carbonyl (C=O) groups is 1. The van der Waals surface area contributed by atoms with Crippen molar-refractivity contribution >= 4 is 17.2 Å². The summed E-state index contributed by atoms with van der Waals surface area (Å²) >= 11 is 1.43. The van der Waals surface area contributed by atoms with Gasteiger partial charge < -0.3 is 9.64 Å². The number of halogens is 3. The van der Waals surface area contributed by atoms with Gasteiger partial charge in [-0.05, 0) is 17.5 Å². The van der Waals surface area contributed by atoms with E-state index in [1.165, 1.54) is 11.3 Å². The fraction of sp³-hybridized carbons (Fsp3) is 0.286. The highest BCUT2D eigenvalue weighted by Crippen LogP contribution is 2.31. The normalized spacial score (nSPS) is 15.5. The third-order valence-electron chi connectivity index (χ3n) is 3.25. The van der Waals surface area contributed by atoms with Gasteiger partial charge in [0.1, 0.15) is 6.10 Å². The van der Waals surface area contributed by atoms with Crippen LogP contribution in [-0.2, 0) is 6.18 Å². The molecule has 0 unspecified atom stereocenters. The summed E-state index contributed by atoms with van der Waals surface area (Å²) in [7, 11) is 0. The Morgan fingerprint density at radius 3 is 2.77 bits per heavy atom. The highest BCUT2D eigenvalue weighted by Gasteiger charge is 2.34. The van der Waals surface area contributed by atoms with Crippen molar-refractivity contribution in [1.82, 2.24) is 9.88 Å². The fourth-order valence-electron chi connectivity index (χ4n) is 2.07. The zero-order valence-electron chi connectivity index (χ0n) is 11.2. The molecule has 1 saturated heterocycles. The van der Waals surface area contributed by atoms with Gasteiger partial charge in [0.2, 0.25) is 5.88 Å². The van der Waals surface area contributed by atoms with Gasteiger partial charge in [0, 0.05) is 17.6 Å². The Labute approximate surface area is 128 Å². The molecule has 1 aliphatic rings. The number of hydrogen-bond acceptors (Lipinski definition) is 4. The fourth-order valence-corrected chi connectivity index (χ4v) is 2.70. The van der Waals surface area contributed by atoms with Crippen LogP contribution >= 0.6 is 11.3 Å². The summed E-state index contributed by atoms with van der Waals surface area (Å²) in [6.07, 6.45) is -3.70. The molecule has 0 aromatic carbocycles. The molecule has 0 aliphatic carbocycles.